The van der Waals surface area contributed by atoms with Gasteiger partial charge in [-0.1, -0.05) is 30.0 Å². The predicted octanol–water partition coefficient (Wildman–Crippen LogP) is 0.331. The van der Waals surface area contributed by atoms with Gasteiger partial charge in [-0.05, 0) is 24.3 Å². The molecule has 0 unspecified atom stereocenters. The van der Waals surface area contributed by atoms with Gasteiger partial charge >= 0.3 is 0 Å². The Hall–Kier alpha value is -1.94. The van der Waals surface area contributed by atoms with Crippen LogP contribution >= 0.6 is 11.8 Å². The van der Waals surface area contributed by atoms with E-state index in [1.807, 2.05) is 30.3 Å². The number of likely N-dealkylation sites (N-methyl/N-ethyl adjacent to an activating group) is 1. The van der Waals surface area contributed by atoms with Crippen LogP contribution in [0.15, 0.2) is 58.6 Å². The molecule has 2 heterocycles. The molecule has 3 rings (SSSR count). The molecule has 0 saturated carbocycles. The minimum atomic E-state index is -3.51. The third-order valence-electron chi connectivity index (χ3n) is 4.33. The Morgan fingerprint density at radius 1 is 1.19 bits per heavy atom. The normalized spacial score (nSPS) is 16.2. The van der Waals surface area contributed by atoms with Crippen molar-refractivity contribution < 1.29 is 18.1 Å². The number of pyridine rings is 1. The summed E-state index contributed by atoms with van der Waals surface area (Å²) in [6.07, 6.45) is 1.37. The molecular formula is C18H23N4O3S2+. The lowest BCUT2D eigenvalue weighted by Gasteiger charge is -2.29. The molecule has 2 N–H and O–H groups in total. The molecule has 2 aromatic rings. The molecule has 0 radical (unpaired) electrons. The van der Waals surface area contributed by atoms with Gasteiger partial charge in [0.15, 0.2) is 0 Å². The van der Waals surface area contributed by atoms with E-state index in [9.17, 15) is 13.2 Å². The van der Waals surface area contributed by atoms with Crippen molar-refractivity contribution >= 4 is 33.4 Å². The number of nitrogens with one attached hydrogen (secondary N) is 2. The average molecular weight is 408 g/mol. The fraction of sp³-hybridized carbons (Fsp3) is 0.333. The molecule has 0 bridgehead atoms. The van der Waals surface area contributed by atoms with Crippen molar-refractivity contribution in [1.82, 2.24) is 9.29 Å². The monoisotopic (exact) mass is 407 g/mol. The number of thioether (sulfide) groups is 1. The summed E-state index contributed by atoms with van der Waals surface area (Å²) in [5, 5.41) is 3.41. The van der Waals surface area contributed by atoms with E-state index in [1.54, 1.807) is 12.1 Å². The molecule has 0 atom stereocenters. The maximum atomic E-state index is 12.7. The van der Waals surface area contributed by atoms with Gasteiger partial charge in [-0.15, -0.1) is 0 Å². The van der Waals surface area contributed by atoms with Crippen LogP contribution in [0.1, 0.15) is 0 Å². The van der Waals surface area contributed by atoms with E-state index in [0.29, 0.717) is 18.1 Å². The second kappa shape index (κ2) is 8.83. The Kier molecular flexibility index (Phi) is 6.48. The van der Waals surface area contributed by atoms with Crippen molar-refractivity contribution in [1.29, 1.82) is 0 Å². The number of aromatic nitrogens is 1. The number of hydrogen-bond donors (Lipinski definition) is 2. The SMILES string of the molecule is C[NH+]1CCN(S(=O)(=O)c2ccc(SCC(=O)Nc3ccccc3)nc2)CC1. The van der Waals surface area contributed by atoms with E-state index >= 15 is 0 Å². The third-order valence-corrected chi connectivity index (χ3v) is 7.16. The van der Waals surface area contributed by atoms with Crippen LogP contribution in [-0.2, 0) is 14.8 Å². The Morgan fingerprint density at radius 2 is 1.89 bits per heavy atom. The number of benzene rings is 1. The first kappa shape index (κ1) is 19.8. The summed E-state index contributed by atoms with van der Waals surface area (Å²) >= 11 is 1.27. The van der Waals surface area contributed by atoms with Crippen LogP contribution in [0.4, 0.5) is 5.69 Å². The summed E-state index contributed by atoms with van der Waals surface area (Å²) in [6, 6.07) is 12.4. The van der Waals surface area contributed by atoms with Gasteiger partial charge in [0.2, 0.25) is 15.9 Å². The van der Waals surface area contributed by atoms with E-state index in [2.05, 4.69) is 17.3 Å². The zero-order chi connectivity index (χ0) is 19.3. The smallest absolute Gasteiger partial charge is 0.245 e. The number of para-hydroxylation sites is 1. The largest absolute Gasteiger partial charge is 0.335 e. The van der Waals surface area contributed by atoms with Crippen LogP contribution in [0, 0.1) is 0 Å². The minimum absolute atomic E-state index is 0.135. The number of hydrogen-bond acceptors (Lipinski definition) is 5. The van der Waals surface area contributed by atoms with Crippen LogP contribution in [0.2, 0.25) is 0 Å². The van der Waals surface area contributed by atoms with Gasteiger partial charge in [0.1, 0.15) is 4.90 Å². The topological polar surface area (TPSA) is 83.8 Å². The Labute approximate surface area is 163 Å². The van der Waals surface area contributed by atoms with Crippen molar-refractivity contribution in [3.05, 3.63) is 48.7 Å². The van der Waals surface area contributed by atoms with Crippen LogP contribution in [0.5, 0.6) is 0 Å². The zero-order valence-corrected chi connectivity index (χ0v) is 16.7. The molecule has 1 aromatic carbocycles. The van der Waals surface area contributed by atoms with Crippen molar-refractivity contribution in [3.8, 4) is 0 Å². The fourth-order valence-corrected chi connectivity index (χ4v) is 4.75. The second-order valence-electron chi connectivity index (χ2n) is 6.40. The second-order valence-corrected chi connectivity index (χ2v) is 9.33. The van der Waals surface area contributed by atoms with Gasteiger partial charge in [0.05, 0.1) is 44.0 Å². The first-order valence-electron chi connectivity index (χ1n) is 8.70. The molecule has 9 heteroatoms. The number of carbonyl (C=O) groups excluding carboxylic acids is 1. The van der Waals surface area contributed by atoms with Gasteiger partial charge in [-0.3, -0.25) is 4.79 Å². The molecule has 1 saturated heterocycles. The number of sulfonamides is 1. The van der Waals surface area contributed by atoms with Gasteiger partial charge in [0, 0.05) is 11.9 Å². The van der Waals surface area contributed by atoms with Crippen molar-refractivity contribution in [2.24, 2.45) is 0 Å². The Bertz CT molecular complexity index is 865. The highest BCUT2D eigenvalue weighted by atomic mass is 32.2. The minimum Gasteiger partial charge on any atom is -0.335 e. The van der Waals surface area contributed by atoms with E-state index in [1.165, 1.54) is 27.2 Å². The van der Waals surface area contributed by atoms with Crippen LogP contribution in [-0.4, -0.2) is 62.6 Å². The van der Waals surface area contributed by atoms with Crippen molar-refractivity contribution in [2.75, 3.05) is 44.3 Å². The lowest BCUT2D eigenvalue weighted by molar-refractivity contribution is -0.883. The molecule has 1 amide bonds. The molecule has 27 heavy (non-hydrogen) atoms. The summed E-state index contributed by atoms with van der Waals surface area (Å²) in [5.74, 6) is 0.0690. The standard InChI is InChI=1S/C18H22N4O3S2/c1-21-9-11-22(12-10-21)27(24,25)16-7-8-18(19-13-16)26-14-17(23)20-15-5-3-2-4-6-15/h2-8,13H,9-12,14H2,1H3,(H,20,23)/p+1. The number of carbonyl (C=O) groups is 1. The van der Waals surface area contributed by atoms with E-state index in [0.717, 1.165) is 18.8 Å². The number of quaternary nitrogens is 1. The molecule has 7 nitrogen and oxygen atoms in total. The number of nitrogens with zero attached hydrogens (tertiary/aromatic N) is 2. The highest BCUT2D eigenvalue weighted by molar-refractivity contribution is 7.99. The molecular weight excluding hydrogens is 384 g/mol. The van der Waals surface area contributed by atoms with E-state index in [-0.39, 0.29) is 16.6 Å². The molecule has 1 aliphatic rings. The van der Waals surface area contributed by atoms with E-state index < -0.39 is 10.0 Å². The zero-order valence-electron chi connectivity index (χ0n) is 15.1. The summed E-state index contributed by atoms with van der Waals surface area (Å²) in [4.78, 5) is 17.7. The van der Waals surface area contributed by atoms with Gasteiger partial charge in [-0.25, -0.2) is 13.4 Å². The quantitative estimate of drug-likeness (QED) is 0.675. The van der Waals surface area contributed by atoms with Crippen LogP contribution in [0.25, 0.3) is 0 Å². The molecule has 1 aliphatic heterocycles. The van der Waals surface area contributed by atoms with Gasteiger partial charge in [-0.2, -0.15) is 4.31 Å². The van der Waals surface area contributed by atoms with Crippen LogP contribution < -0.4 is 10.2 Å². The summed E-state index contributed by atoms with van der Waals surface area (Å²) in [6.45, 7) is 2.64. The third kappa shape index (κ3) is 5.29. The fourth-order valence-electron chi connectivity index (χ4n) is 2.72. The maximum Gasteiger partial charge on any atom is 0.245 e. The number of anilines is 1. The van der Waals surface area contributed by atoms with Gasteiger partial charge in [0.25, 0.3) is 0 Å². The lowest BCUT2D eigenvalue weighted by atomic mass is 10.3. The molecule has 1 aromatic heterocycles. The Balaban J connectivity index is 1.56. The van der Waals surface area contributed by atoms with Crippen LogP contribution in [0.3, 0.4) is 0 Å². The number of rotatable bonds is 6. The summed E-state index contributed by atoms with van der Waals surface area (Å²) in [5.41, 5.74) is 0.742. The summed E-state index contributed by atoms with van der Waals surface area (Å²) < 4.78 is 26.9. The maximum absolute atomic E-state index is 12.7. The lowest BCUT2D eigenvalue weighted by Crippen LogP contribution is -3.12. The number of amides is 1. The Morgan fingerprint density at radius 3 is 2.52 bits per heavy atom. The summed E-state index contributed by atoms with van der Waals surface area (Å²) in [7, 11) is -1.44. The van der Waals surface area contributed by atoms with Crippen molar-refractivity contribution in [2.45, 2.75) is 9.92 Å². The number of piperazine rings is 1. The van der Waals surface area contributed by atoms with Gasteiger partial charge < -0.3 is 10.2 Å². The predicted molar refractivity (Wildman–Crippen MR) is 105 cm³/mol. The molecule has 0 spiro atoms. The first-order chi connectivity index (χ1) is 12.9. The first-order valence-corrected chi connectivity index (χ1v) is 11.1. The molecule has 144 valence electrons. The molecule has 0 aliphatic carbocycles. The average Bonchev–Trinajstić information content (AvgIpc) is 2.68. The highest BCUT2D eigenvalue weighted by Crippen LogP contribution is 2.20. The van der Waals surface area contributed by atoms with E-state index in [4.69, 9.17) is 0 Å². The van der Waals surface area contributed by atoms with Crippen molar-refractivity contribution in [3.63, 3.8) is 0 Å². The highest BCUT2D eigenvalue weighted by Gasteiger charge is 2.29. The molecule has 1 fully saturated rings.